The molecule has 0 atom stereocenters. The van der Waals surface area contributed by atoms with Crippen LogP contribution in [0.5, 0.6) is 5.88 Å². The van der Waals surface area contributed by atoms with E-state index in [4.69, 9.17) is 14.7 Å². The Kier molecular flexibility index (Phi) is 5.99. The van der Waals surface area contributed by atoms with Crippen LogP contribution in [0, 0.1) is 5.92 Å². The molecule has 6 rings (SSSR count). The van der Waals surface area contributed by atoms with Crippen molar-refractivity contribution in [3.8, 4) is 5.88 Å². The van der Waals surface area contributed by atoms with E-state index >= 15 is 0 Å². The van der Waals surface area contributed by atoms with E-state index in [1.807, 2.05) is 18.2 Å². The molecule has 1 saturated carbocycles. The van der Waals surface area contributed by atoms with Gasteiger partial charge in [-0.3, -0.25) is 14.9 Å². The fourth-order valence-electron chi connectivity index (χ4n) is 4.33. The van der Waals surface area contributed by atoms with Crippen molar-refractivity contribution in [2.45, 2.75) is 19.4 Å². The first-order chi connectivity index (χ1) is 17.6. The molecule has 1 aliphatic heterocycles. The number of nitrogens with zero attached hydrogens (tertiary/aromatic N) is 5. The molecule has 11 nitrogen and oxygen atoms in total. The van der Waals surface area contributed by atoms with Gasteiger partial charge in [-0.15, -0.1) is 0 Å². The Morgan fingerprint density at radius 1 is 1.22 bits per heavy atom. The highest BCUT2D eigenvalue weighted by Gasteiger charge is 2.20. The second kappa shape index (κ2) is 9.59. The van der Waals surface area contributed by atoms with Crippen LogP contribution in [0.1, 0.15) is 24.1 Å². The largest absolute Gasteiger partial charge is 0.493 e. The molecule has 2 fully saturated rings. The summed E-state index contributed by atoms with van der Waals surface area (Å²) in [6.07, 6.45) is 5.70. The van der Waals surface area contributed by atoms with Crippen LogP contribution in [-0.4, -0.2) is 67.4 Å². The summed E-state index contributed by atoms with van der Waals surface area (Å²) in [7, 11) is 0. The predicted molar refractivity (Wildman–Crippen MR) is 134 cm³/mol. The number of aromatic amines is 2. The van der Waals surface area contributed by atoms with Gasteiger partial charge in [-0.05, 0) is 42.5 Å². The predicted octanol–water partition coefficient (Wildman–Crippen LogP) is 0.886. The summed E-state index contributed by atoms with van der Waals surface area (Å²) in [6, 6.07) is 10.2. The van der Waals surface area contributed by atoms with Gasteiger partial charge in [-0.2, -0.15) is 9.61 Å². The maximum Gasteiger partial charge on any atom is 0.326 e. The Hall–Kier alpha value is -3.96. The Balaban J connectivity index is 1.36. The molecular weight excluding hydrogens is 460 g/mol. The maximum absolute atomic E-state index is 11.6. The molecule has 186 valence electrons. The highest BCUT2D eigenvalue weighted by Crippen LogP contribution is 2.28. The third kappa shape index (κ3) is 5.02. The zero-order valence-electron chi connectivity index (χ0n) is 19.8. The maximum atomic E-state index is 11.6. The van der Waals surface area contributed by atoms with E-state index in [0.717, 1.165) is 45.1 Å². The second-order valence-electron chi connectivity index (χ2n) is 9.32. The van der Waals surface area contributed by atoms with Crippen LogP contribution in [-0.2, 0) is 11.3 Å². The van der Waals surface area contributed by atoms with Crippen LogP contribution in [0.4, 0.5) is 11.5 Å². The number of imidazole rings is 1. The minimum Gasteiger partial charge on any atom is -0.493 e. The molecule has 3 aromatic heterocycles. The number of aromatic hydroxyl groups is 1. The lowest BCUT2D eigenvalue weighted by Crippen LogP contribution is -2.35. The van der Waals surface area contributed by atoms with Gasteiger partial charge in [0.15, 0.2) is 11.1 Å². The van der Waals surface area contributed by atoms with Crippen molar-refractivity contribution < 1.29 is 9.84 Å². The van der Waals surface area contributed by atoms with Gasteiger partial charge >= 0.3 is 5.69 Å². The summed E-state index contributed by atoms with van der Waals surface area (Å²) >= 11 is 0. The van der Waals surface area contributed by atoms with Crippen molar-refractivity contribution in [1.29, 1.82) is 0 Å². The van der Waals surface area contributed by atoms with E-state index in [-0.39, 0.29) is 11.6 Å². The lowest BCUT2D eigenvalue weighted by molar-refractivity contribution is 0.0342. The number of ether oxygens (including phenoxy) is 1. The Morgan fingerprint density at radius 3 is 2.86 bits per heavy atom. The van der Waals surface area contributed by atoms with Crippen molar-refractivity contribution in [3.63, 3.8) is 0 Å². The van der Waals surface area contributed by atoms with E-state index in [2.05, 4.69) is 37.4 Å². The van der Waals surface area contributed by atoms with Crippen molar-refractivity contribution >= 4 is 23.2 Å². The quantitative estimate of drug-likeness (QED) is 0.303. The standard InChI is InChI=1S/C25H28N8O3/c34-24-20(29-25(35)31-24)11-18-14-27-33-22(26-13-16-4-5-16)12-21(30-23(18)33)28-19-3-1-2-17(10-19)15-32-6-8-36-9-7-32/h1-3,10-12,14,16,28,34H,4-9,13,15H2,(H2,29,31,35). The SMILES string of the molecule is O=c1[nH]c(O)c(C=c2cnn3c(=NCC4CC4)cc(Nc4cccc(CN5CCOCC5)c4)nc23)[nH]1. The van der Waals surface area contributed by atoms with Gasteiger partial charge in [-0.25, -0.2) is 9.78 Å². The molecule has 4 N–H and O–H groups in total. The first-order valence-electron chi connectivity index (χ1n) is 12.2. The number of aromatic nitrogens is 5. The van der Waals surface area contributed by atoms with E-state index in [1.54, 1.807) is 16.8 Å². The monoisotopic (exact) mass is 488 g/mol. The van der Waals surface area contributed by atoms with Crippen LogP contribution >= 0.6 is 0 Å². The number of rotatable bonds is 7. The summed E-state index contributed by atoms with van der Waals surface area (Å²) in [6.45, 7) is 5.03. The van der Waals surface area contributed by atoms with Crippen LogP contribution in [0.3, 0.4) is 0 Å². The lowest BCUT2D eigenvalue weighted by atomic mass is 10.2. The molecule has 1 aromatic carbocycles. The van der Waals surface area contributed by atoms with Gasteiger partial charge in [0.2, 0.25) is 5.88 Å². The Morgan fingerprint density at radius 2 is 2.08 bits per heavy atom. The average Bonchev–Trinajstić information content (AvgIpc) is 3.54. The van der Waals surface area contributed by atoms with Gasteiger partial charge in [0.25, 0.3) is 0 Å². The fraction of sp³-hybridized carbons (Fsp3) is 0.360. The van der Waals surface area contributed by atoms with Gasteiger partial charge in [0.05, 0.1) is 19.4 Å². The minimum absolute atomic E-state index is 0.232. The third-order valence-corrected chi connectivity index (χ3v) is 6.43. The first-order valence-corrected chi connectivity index (χ1v) is 12.2. The number of hydrogen-bond acceptors (Lipinski definition) is 8. The molecule has 1 saturated heterocycles. The van der Waals surface area contributed by atoms with Gasteiger partial charge in [0.1, 0.15) is 11.5 Å². The van der Waals surface area contributed by atoms with Crippen LogP contribution in [0.25, 0.3) is 11.7 Å². The molecule has 0 unspecified atom stereocenters. The topological polar surface area (TPSA) is 136 Å². The van der Waals surface area contributed by atoms with E-state index in [9.17, 15) is 9.90 Å². The highest BCUT2D eigenvalue weighted by molar-refractivity contribution is 5.61. The smallest absolute Gasteiger partial charge is 0.326 e. The Bertz CT molecular complexity index is 1560. The number of nitrogens with one attached hydrogen (secondary N) is 3. The summed E-state index contributed by atoms with van der Waals surface area (Å²) < 4.78 is 7.15. The minimum atomic E-state index is -0.484. The molecule has 2 aliphatic rings. The highest BCUT2D eigenvalue weighted by atomic mass is 16.5. The van der Waals surface area contributed by atoms with Crippen LogP contribution < -0.4 is 21.7 Å². The second-order valence-corrected chi connectivity index (χ2v) is 9.32. The summed E-state index contributed by atoms with van der Waals surface area (Å²) in [5.41, 5.74) is 3.20. The van der Waals surface area contributed by atoms with E-state index < -0.39 is 5.69 Å². The summed E-state index contributed by atoms with van der Waals surface area (Å²) in [5.74, 6) is 1.04. The molecule has 0 bridgehead atoms. The summed E-state index contributed by atoms with van der Waals surface area (Å²) in [4.78, 5) is 28.5. The number of H-pyrrole nitrogens is 2. The molecular formula is C25H28N8O3. The molecule has 0 radical (unpaired) electrons. The van der Waals surface area contributed by atoms with Crippen molar-refractivity contribution in [3.05, 3.63) is 69.0 Å². The molecule has 0 spiro atoms. The molecule has 4 heterocycles. The van der Waals surface area contributed by atoms with E-state index in [0.29, 0.717) is 28.1 Å². The van der Waals surface area contributed by atoms with Gasteiger partial charge in [-0.1, -0.05) is 12.1 Å². The molecule has 1 aliphatic carbocycles. The van der Waals surface area contributed by atoms with Crippen molar-refractivity contribution in [2.75, 3.05) is 38.2 Å². The number of hydrogen-bond donors (Lipinski definition) is 4. The fourth-order valence-corrected chi connectivity index (χ4v) is 4.33. The molecule has 36 heavy (non-hydrogen) atoms. The summed E-state index contributed by atoms with van der Waals surface area (Å²) in [5, 5.41) is 18.6. The van der Waals surface area contributed by atoms with Crippen LogP contribution in [0.2, 0.25) is 0 Å². The molecule has 4 aromatic rings. The number of fused-ring (bicyclic) bond motifs is 1. The normalized spacial score (nSPS) is 17.8. The van der Waals surface area contributed by atoms with Crippen molar-refractivity contribution in [1.82, 2.24) is 29.5 Å². The zero-order valence-corrected chi connectivity index (χ0v) is 19.8. The molecule has 0 amide bonds. The number of morpholine rings is 1. The van der Waals surface area contributed by atoms with Crippen molar-refractivity contribution in [2.24, 2.45) is 10.9 Å². The number of benzene rings is 1. The van der Waals surface area contributed by atoms with Crippen LogP contribution in [0.15, 0.2) is 46.3 Å². The lowest BCUT2D eigenvalue weighted by Gasteiger charge is -2.26. The third-order valence-electron chi connectivity index (χ3n) is 6.43. The molecule has 11 heteroatoms. The van der Waals surface area contributed by atoms with Gasteiger partial charge in [0, 0.05) is 43.2 Å². The van der Waals surface area contributed by atoms with Gasteiger partial charge < -0.3 is 20.1 Å². The number of anilines is 2. The average molecular weight is 489 g/mol. The Labute approximate surface area is 206 Å². The zero-order chi connectivity index (χ0) is 24.5. The van der Waals surface area contributed by atoms with E-state index in [1.165, 1.54) is 18.4 Å². The first kappa shape index (κ1) is 22.5.